The maximum absolute atomic E-state index is 12.0. The van der Waals surface area contributed by atoms with Crippen LogP contribution in [0.25, 0.3) is 0 Å². The largest absolute Gasteiger partial charge is 0.338 e. The van der Waals surface area contributed by atoms with Gasteiger partial charge in [0.1, 0.15) is 0 Å². The molecule has 1 rings (SSSR count). The second kappa shape index (κ2) is 8.02. The van der Waals surface area contributed by atoms with Crippen molar-refractivity contribution in [2.24, 2.45) is 5.92 Å². The molecule has 1 aromatic rings. The molecule has 1 atom stereocenters. The van der Waals surface area contributed by atoms with Crippen molar-refractivity contribution in [3.63, 3.8) is 0 Å². The number of hydrogen-bond acceptors (Lipinski definition) is 3. The van der Waals surface area contributed by atoms with Crippen LogP contribution >= 0.6 is 0 Å². The van der Waals surface area contributed by atoms with Gasteiger partial charge >= 0.3 is 6.03 Å². The van der Waals surface area contributed by atoms with Gasteiger partial charge in [-0.2, -0.15) is 0 Å². The highest BCUT2D eigenvalue weighted by Crippen LogP contribution is 2.10. The number of urea groups is 1. The molecule has 1 unspecified atom stereocenters. The van der Waals surface area contributed by atoms with E-state index in [1.165, 1.54) is 0 Å². The number of nitrogens with one attached hydrogen (secondary N) is 2. The predicted molar refractivity (Wildman–Crippen MR) is 83.9 cm³/mol. The highest BCUT2D eigenvalue weighted by molar-refractivity contribution is 7.91. The first-order chi connectivity index (χ1) is 9.83. The lowest BCUT2D eigenvalue weighted by Gasteiger charge is -2.17. The third-order valence-corrected chi connectivity index (χ3v) is 5.15. The fourth-order valence-electron chi connectivity index (χ4n) is 1.63. The molecule has 0 aliphatic heterocycles. The minimum Gasteiger partial charge on any atom is -0.338 e. The number of carbonyl (C=O) groups is 1. The van der Waals surface area contributed by atoms with Crippen molar-refractivity contribution in [3.05, 3.63) is 30.3 Å². The van der Waals surface area contributed by atoms with Crippen molar-refractivity contribution in [3.8, 4) is 0 Å². The number of sulfone groups is 1. The minimum atomic E-state index is -3.27. The van der Waals surface area contributed by atoms with E-state index in [0.717, 1.165) is 0 Å². The third-order valence-electron chi connectivity index (χ3n) is 3.34. The topological polar surface area (TPSA) is 75.3 Å². The quantitative estimate of drug-likeness (QED) is 0.758. The zero-order valence-electron chi connectivity index (χ0n) is 12.8. The molecule has 0 spiro atoms. The summed E-state index contributed by atoms with van der Waals surface area (Å²) < 4.78 is 24.0. The number of rotatable bonds is 7. The molecular formula is C15H24N2O3S. The van der Waals surface area contributed by atoms with E-state index in [4.69, 9.17) is 0 Å². The van der Waals surface area contributed by atoms with Crippen LogP contribution in [0.5, 0.6) is 0 Å². The minimum absolute atomic E-state index is 0.0248. The summed E-state index contributed by atoms with van der Waals surface area (Å²) in [6.07, 6.45) is 0.390. The van der Waals surface area contributed by atoms with Crippen molar-refractivity contribution in [1.29, 1.82) is 0 Å². The SMILES string of the molecule is CC(C)C(C)NC(=O)NCCCS(=O)(=O)c1ccccc1. The Balaban J connectivity index is 2.33. The van der Waals surface area contributed by atoms with E-state index in [-0.39, 0.29) is 17.8 Å². The molecule has 0 aliphatic rings. The molecular weight excluding hydrogens is 288 g/mol. The highest BCUT2D eigenvalue weighted by atomic mass is 32.2. The Bertz CT molecular complexity index is 541. The Morgan fingerprint density at radius 3 is 2.33 bits per heavy atom. The van der Waals surface area contributed by atoms with Gasteiger partial charge in [-0.05, 0) is 31.4 Å². The second-order valence-corrected chi connectivity index (χ2v) is 7.53. The molecule has 0 bridgehead atoms. The summed E-state index contributed by atoms with van der Waals surface area (Å²) in [7, 11) is -3.27. The van der Waals surface area contributed by atoms with Crippen LogP contribution in [0.2, 0.25) is 0 Å². The summed E-state index contributed by atoms with van der Waals surface area (Å²) in [5.74, 6) is 0.381. The number of amides is 2. The van der Waals surface area contributed by atoms with Crippen LogP contribution in [0.15, 0.2) is 35.2 Å². The van der Waals surface area contributed by atoms with Crippen LogP contribution in [0, 0.1) is 5.92 Å². The predicted octanol–water partition coefficient (Wildman–Crippen LogP) is 2.19. The Labute approximate surface area is 127 Å². The monoisotopic (exact) mass is 312 g/mol. The standard InChI is InChI=1S/C15H24N2O3S/c1-12(2)13(3)17-15(18)16-10-7-11-21(19,20)14-8-5-4-6-9-14/h4-6,8-9,12-13H,7,10-11H2,1-3H3,(H2,16,17,18). The summed E-state index contributed by atoms with van der Waals surface area (Å²) in [4.78, 5) is 11.9. The first-order valence-corrected chi connectivity index (χ1v) is 8.80. The molecule has 118 valence electrons. The van der Waals surface area contributed by atoms with Crippen LogP contribution < -0.4 is 10.6 Å². The van der Waals surface area contributed by atoms with Gasteiger partial charge in [0.15, 0.2) is 9.84 Å². The molecule has 5 nitrogen and oxygen atoms in total. The molecule has 2 N–H and O–H groups in total. The Hall–Kier alpha value is -1.56. The molecule has 6 heteroatoms. The van der Waals surface area contributed by atoms with Gasteiger partial charge in [-0.3, -0.25) is 0 Å². The summed E-state index contributed by atoms with van der Waals surface area (Å²) in [5.41, 5.74) is 0. The van der Waals surface area contributed by atoms with Crippen LogP contribution in [0.4, 0.5) is 4.79 Å². The second-order valence-electron chi connectivity index (χ2n) is 5.42. The number of hydrogen-bond donors (Lipinski definition) is 2. The zero-order valence-corrected chi connectivity index (χ0v) is 13.6. The van der Waals surface area contributed by atoms with Crippen LogP contribution in [-0.4, -0.2) is 32.8 Å². The van der Waals surface area contributed by atoms with Crippen molar-refractivity contribution in [2.45, 2.75) is 38.1 Å². The fraction of sp³-hybridized carbons (Fsp3) is 0.533. The van der Waals surface area contributed by atoms with E-state index in [1.807, 2.05) is 20.8 Å². The zero-order chi connectivity index (χ0) is 15.9. The maximum Gasteiger partial charge on any atom is 0.315 e. The summed E-state index contributed by atoms with van der Waals surface area (Å²) in [6, 6.07) is 8.17. The van der Waals surface area contributed by atoms with E-state index in [2.05, 4.69) is 10.6 Å². The normalized spacial score (nSPS) is 13.0. The van der Waals surface area contributed by atoms with Gasteiger partial charge in [0, 0.05) is 12.6 Å². The smallest absolute Gasteiger partial charge is 0.315 e. The van der Waals surface area contributed by atoms with Crippen LogP contribution in [0.3, 0.4) is 0 Å². The molecule has 21 heavy (non-hydrogen) atoms. The maximum atomic E-state index is 12.0. The van der Waals surface area contributed by atoms with E-state index in [1.54, 1.807) is 30.3 Å². The first kappa shape index (κ1) is 17.5. The fourth-order valence-corrected chi connectivity index (χ4v) is 2.97. The van der Waals surface area contributed by atoms with Crippen molar-refractivity contribution in [2.75, 3.05) is 12.3 Å². The van der Waals surface area contributed by atoms with Gasteiger partial charge in [0.2, 0.25) is 0 Å². The Morgan fingerprint density at radius 1 is 1.14 bits per heavy atom. The van der Waals surface area contributed by atoms with Gasteiger partial charge in [-0.15, -0.1) is 0 Å². The third kappa shape index (κ3) is 6.16. The lowest BCUT2D eigenvalue weighted by molar-refractivity contribution is 0.234. The molecule has 0 radical (unpaired) electrons. The highest BCUT2D eigenvalue weighted by Gasteiger charge is 2.14. The average Bonchev–Trinajstić information content (AvgIpc) is 2.44. The van der Waals surface area contributed by atoms with Crippen molar-refractivity contribution in [1.82, 2.24) is 10.6 Å². The van der Waals surface area contributed by atoms with E-state index in [9.17, 15) is 13.2 Å². The molecule has 0 saturated heterocycles. The summed E-state index contributed by atoms with van der Waals surface area (Å²) >= 11 is 0. The molecule has 0 aliphatic carbocycles. The Morgan fingerprint density at radius 2 is 1.76 bits per heavy atom. The lowest BCUT2D eigenvalue weighted by atomic mass is 10.1. The molecule has 1 aromatic carbocycles. The average molecular weight is 312 g/mol. The van der Waals surface area contributed by atoms with E-state index >= 15 is 0 Å². The van der Waals surface area contributed by atoms with Gasteiger partial charge in [-0.1, -0.05) is 32.0 Å². The van der Waals surface area contributed by atoms with Gasteiger partial charge in [0.25, 0.3) is 0 Å². The molecule has 0 aromatic heterocycles. The first-order valence-electron chi connectivity index (χ1n) is 7.15. The van der Waals surface area contributed by atoms with Crippen LogP contribution in [-0.2, 0) is 9.84 Å². The molecule has 2 amide bonds. The van der Waals surface area contributed by atoms with Gasteiger partial charge < -0.3 is 10.6 Å². The lowest BCUT2D eigenvalue weighted by Crippen LogP contribution is -2.43. The van der Waals surface area contributed by atoms with Gasteiger partial charge in [-0.25, -0.2) is 13.2 Å². The molecule has 0 saturated carbocycles. The van der Waals surface area contributed by atoms with Crippen molar-refractivity contribution >= 4 is 15.9 Å². The summed E-state index contributed by atoms with van der Waals surface area (Å²) in [6.45, 7) is 6.32. The number of carbonyl (C=O) groups excluding carboxylic acids is 1. The Kier molecular flexibility index (Phi) is 6.68. The molecule has 0 fully saturated rings. The molecule has 0 heterocycles. The van der Waals surface area contributed by atoms with Gasteiger partial charge in [0.05, 0.1) is 10.6 Å². The van der Waals surface area contributed by atoms with Crippen molar-refractivity contribution < 1.29 is 13.2 Å². The van der Waals surface area contributed by atoms with E-state index < -0.39 is 9.84 Å². The van der Waals surface area contributed by atoms with Crippen LogP contribution in [0.1, 0.15) is 27.2 Å². The summed E-state index contributed by atoms with van der Waals surface area (Å²) in [5, 5.41) is 5.49. The van der Waals surface area contributed by atoms with E-state index in [0.29, 0.717) is 23.8 Å². The number of benzene rings is 1.